The Morgan fingerprint density at radius 1 is 1.43 bits per heavy atom. The molecule has 21 heavy (non-hydrogen) atoms. The first-order valence-corrected chi connectivity index (χ1v) is 6.13. The predicted molar refractivity (Wildman–Crippen MR) is 67.3 cm³/mol. The predicted octanol–water partition coefficient (Wildman–Crippen LogP) is 2.35. The molecule has 0 fully saturated rings. The van der Waals surface area contributed by atoms with Gasteiger partial charge in [-0.15, -0.1) is 5.10 Å². The lowest BCUT2D eigenvalue weighted by Gasteiger charge is -2.15. The van der Waals surface area contributed by atoms with Crippen molar-refractivity contribution >= 4 is 11.9 Å². The van der Waals surface area contributed by atoms with Gasteiger partial charge in [-0.05, 0) is 23.3 Å². The van der Waals surface area contributed by atoms with Crippen LogP contribution in [0.15, 0.2) is 24.3 Å². The third-order valence-corrected chi connectivity index (χ3v) is 2.92. The van der Waals surface area contributed by atoms with Crippen LogP contribution in [0.4, 0.5) is 19.1 Å². The molecule has 9 heteroatoms. The van der Waals surface area contributed by atoms with E-state index in [1.165, 1.54) is 12.1 Å². The number of carbonyl (C=O) groups excluding carboxylic acids is 1. The van der Waals surface area contributed by atoms with Crippen molar-refractivity contribution in [2.75, 3.05) is 5.32 Å². The van der Waals surface area contributed by atoms with Crippen molar-refractivity contribution in [1.82, 2.24) is 20.6 Å². The van der Waals surface area contributed by atoms with Crippen molar-refractivity contribution in [2.45, 2.75) is 25.4 Å². The number of aromatic nitrogens is 4. The van der Waals surface area contributed by atoms with Gasteiger partial charge in [0, 0.05) is 0 Å². The van der Waals surface area contributed by atoms with Gasteiger partial charge in [0.05, 0.1) is 11.5 Å². The van der Waals surface area contributed by atoms with Crippen LogP contribution in [0.25, 0.3) is 0 Å². The summed E-state index contributed by atoms with van der Waals surface area (Å²) in [4.78, 5) is 12.1. The number of nitrogens with one attached hydrogen (secondary N) is 2. The molecule has 2 aromatic rings. The van der Waals surface area contributed by atoms with Crippen LogP contribution in [0.3, 0.4) is 0 Å². The lowest BCUT2D eigenvalue weighted by Crippen LogP contribution is -2.22. The van der Waals surface area contributed by atoms with Crippen LogP contribution < -0.4 is 5.32 Å². The number of hydrogen-bond acceptors (Lipinski definition) is 4. The topological polar surface area (TPSA) is 83.6 Å². The molecule has 6 nitrogen and oxygen atoms in total. The van der Waals surface area contributed by atoms with Crippen molar-refractivity contribution < 1.29 is 18.0 Å². The highest BCUT2D eigenvalue weighted by Crippen LogP contribution is 2.32. The Hall–Kier alpha value is -2.45. The second-order valence-electron chi connectivity index (χ2n) is 4.31. The summed E-state index contributed by atoms with van der Waals surface area (Å²) in [6.07, 6.45) is -4.11. The van der Waals surface area contributed by atoms with E-state index < -0.39 is 23.6 Å². The highest BCUT2D eigenvalue weighted by Gasteiger charge is 2.31. The number of hydrogen-bond donors (Lipinski definition) is 2. The Bertz CT molecular complexity index is 612. The molecule has 0 radical (unpaired) electrons. The fraction of sp³-hybridized carbons (Fsp3) is 0.333. The van der Waals surface area contributed by atoms with Gasteiger partial charge in [-0.1, -0.05) is 30.2 Å². The number of rotatable bonds is 4. The first-order valence-electron chi connectivity index (χ1n) is 6.13. The largest absolute Gasteiger partial charge is 0.416 e. The number of H-pyrrole nitrogens is 1. The number of amides is 1. The van der Waals surface area contributed by atoms with Gasteiger partial charge in [0.2, 0.25) is 5.91 Å². The first kappa shape index (κ1) is 14.9. The van der Waals surface area contributed by atoms with E-state index in [4.69, 9.17) is 0 Å². The SMILES string of the molecule is CCC(C(=O)Nc1nn[nH]n1)c1cccc(C(F)(F)F)c1. The molecule has 0 aliphatic heterocycles. The zero-order valence-electron chi connectivity index (χ0n) is 11.0. The molecule has 2 rings (SSSR count). The van der Waals surface area contributed by atoms with E-state index in [0.29, 0.717) is 6.42 Å². The zero-order valence-corrected chi connectivity index (χ0v) is 11.0. The zero-order chi connectivity index (χ0) is 15.5. The van der Waals surface area contributed by atoms with Crippen molar-refractivity contribution in [3.63, 3.8) is 0 Å². The number of alkyl halides is 3. The average Bonchev–Trinajstić information content (AvgIpc) is 2.92. The number of tetrazole rings is 1. The maximum atomic E-state index is 12.7. The van der Waals surface area contributed by atoms with Crippen LogP contribution in [-0.4, -0.2) is 26.5 Å². The quantitative estimate of drug-likeness (QED) is 0.907. The van der Waals surface area contributed by atoms with Gasteiger partial charge < -0.3 is 0 Å². The summed E-state index contributed by atoms with van der Waals surface area (Å²) in [6, 6.07) is 4.71. The molecule has 2 N–H and O–H groups in total. The van der Waals surface area contributed by atoms with E-state index in [9.17, 15) is 18.0 Å². The molecule has 1 aromatic carbocycles. The Labute approximate surface area is 117 Å². The third-order valence-electron chi connectivity index (χ3n) is 2.92. The van der Waals surface area contributed by atoms with E-state index in [0.717, 1.165) is 12.1 Å². The number of benzene rings is 1. The minimum absolute atomic E-state index is 0.0228. The monoisotopic (exact) mass is 299 g/mol. The van der Waals surface area contributed by atoms with Crippen LogP contribution in [-0.2, 0) is 11.0 Å². The van der Waals surface area contributed by atoms with Crippen molar-refractivity contribution in [2.24, 2.45) is 0 Å². The van der Waals surface area contributed by atoms with Crippen LogP contribution in [0.1, 0.15) is 30.4 Å². The summed E-state index contributed by atoms with van der Waals surface area (Å²) in [5.41, 5.74) is -0.501. The molecule has 1 aromatic heterocycles. The minimum atomic E-state index is -4.45. The molecular weight excluding hydrogens is 287 g/mol. The fourth-order valence-electron chi connectivity index (χ4n) is 1.92. The lowest BCUT2D eigenvalue weighted by atomic mass is 9.94. The Morgan fingerprint density at radius 3 is 2.76 bits per heavy atom. The molecule has 1 unspecified atom stereocenters. The van der Waals surface area contributed by atoms with Gasteiger partial charge >= 0.3 is 6.18 Å². The highest BCUT2D eigenvalue weighted by atomic mass is 19.4. The number of halogens is 3. The van der Waals surface area contributed by atoms with Crippen LogP contribution in [0.5, 0.6) is 0 Å². The second-order valence-corrected chi connectivity index (χ2v) is 4.31. The molecule has 0 aliphatic rings. The average molecular weight is 299 g/mol. The molecule has 0 spiro atoms. The summed E-state index contributed by atoms with van der Waals surface area (Å²) >= 11 is 0. The van der Waals surface area contributed by atoms with Crippen molar-refractivity contribution in [3.8, 4) is 0 Å². The van der Waals surface area contributed by atoms with Crippen molar-refractivity contribution in [3.05, 3.63) is 35.4 Å². The van der Waals surface area contributed by atoms with Gasteiger partial charge in [-0.3, -0.25) is 10.1 Å². The smallest absolute Gasteiger partial charge is 0.291 e. The number of aromatic amines is 1. The molecule has 112 valence electrons. The number of carbonyl (C=O) groups is 1. The van der Waals surface area contributed by atoms with Gasteiger partial charge in [-0.25, -0.2) is 0 Å². The van der Waals surface area contributed by atoms with E-state index in [-0.39, 0.29) is 11.5 Å². The van der Waals surface area contributed by atoms with Gasteiger partial charge in [0.25, 0.3) is 5.95 Å². The van der Waals surface area contributed by atoms with Gasteiger partial charge in [0.1, 0.15) is 0 Å². The number of anilines is 1. The summed E-state index contributed by atoms with van der Waals surface area (Å²) in [6.45, 7) is 1.71. The summed E-state index contributed by atoms with van der Waals surface area (Å²) < 4.78 is 38.1. The molecule has 1 atom stereocenters. The Morgan fingerprint density at radius 2 is 2.19 bits per heavy atom. The summed E-state index contributed by atoms with van der Waals surface area (Å²) in [5, 5.41) is 15.0. The maximum absolute atomic E-state index is 12.7. The van der Waals surface area contributed by atoms with Crippen molar-refractivity contribution in [1.29, 1.82) is 0 Å². The third kappa shape index (κ3) is 3.56. The fourth-order valence-corrected chi connectivity index (χ4v) is 1.92. The Kier molecular flexibility index (Phi) is 4.20. The van der Waals surface area contributed by atoms with E-state index in [2.05, 4.69) is 25.9 Å². The minimum Gasteiger partial charge on any atom is -0.291 e. The summed E-state index contributed by atoms with van der Waals surface area (Å²) in [7, 11) is 0. The maximum Gasteiger partial charge on any atom is 0.416 e. The molecule has 0 bridgehead atoms. The summed E-state index contributed by atoms with van der Waals surface area (Å²) in [5.74, 6) is -1.24. The lowest BCUT2D eigenvalue weighted by molar-refractivity contribution is -0.137. The van der Waals surface area contributed by atoms with Crippen LogP contribution in [0.2, 0.25) is 0 Å². The normalized spacial score (nSPS) is 13.0. The highest BCUT2D eigenvalue weighted by molar-refractivity contribution is 5.94. The van der Waals surface area contributed by atoms with Gasteiger partial charge in [0.15, 0.2) is 0 Å². The van der Waals surface area contributed by atoms with Crippen LogP contribution >= 0.6 is 0 Å². The Balaban J connectivity index is 2.23. The second kappa shape index (κ2) is 5.90. The first-order chi connectivity index (χ1) is 9.91. The molecule has 1 amide bonds. The van der Waals surface area contributed by atoms with E-state index in [1.54, 1.807) is 6.92 Å². The standard InChI is InChI=1S/C12H12F3N5O/c1-2-9(10(21)16-11-17-19-20-18-11)7-4-3-5-8(6-7)12(13,14)15/h3-6,9H,2H2,1H3,(H2,16,17,18,19,20,21). The molecule has 0 saturated heterocycles. The van der Waals surface area contributed by atoms with Crippen LogP contribution in [0, 0.1) is 0 Å². The van der Waals surface area contributed by atoms with Gasteiger partial charge in [-0.2, -0.15) is 18.4 Å². The van der Waals surface area contributed by atoms with E-state index >= 15 is 0 Å². The molecule has 0 saturated carbocycles. The molecular formula is C12H12F3N5O. The number of nitrogens with zero attached hydrogens (tertiary/aromatic N) is 3. The molecule has 1 heterocycles. The van der Waals surface area contributed by atoms with E-state index in [1.807, 2.05) is 0 Å². The molecule has 0 aliphatic carbocycles.